The number of carbonyl (C=O) groups is 2. The quantitative estimate of drug-likeness (QED) is 0.633. The zero-order valence-corrected chi connectivity index (χ0v) is 11.3. The number of furan rings is 1. The van der Waals surface area contributed by atoms with Crippen molar-refractivity contribution in [3.8, 4) is 0 Å². The maximum Gasteiger partial charge on any atom is 0.185 e. The third kappa shape index (κ3) is 2.36. The van der Waals surface area contributed by atoms with Crippen LogP contribution in [0.25, 0.3) is 11.0 Å². The van der Waals surface area contributed by atoms with Crippen molar-refractivity contribution in [2.75, 3.05) is 20.1 Å². The number of likely N-dealkylation sites (tertiary alicyclic amines) is 1. The zero-order valence-electron chi connectivity index (χ0n) is 11.3. The molecule has 2 aromatic heterocycles. The number of hydrogen-bond acceptors (Lipinski definition) is 5. The monoisotopic (exact) mass is 272 g/mol. The number of fused-ring (bicyclic) bond motifs is 1. The van der Waals surface area contributed by atoms with Crippen LogP contribution in [0.2, 0.25) is 0 Å². The van der Waals surface area contributed by atoms with Gasteiger partial charge in [0.2, 0.25) is 0 Å². The van der Waals surface area contributed by atoms with E-state index >= 15 is 0 Å². The molecule has 0 spiro atoms. The molecule has 3 heterocycles. The van der Waals surface area contributed by atoms with Crippen molar-refractivity contribution in [3.05, 3.63) is 29.8 Å². The Morgan fingerprint density at radius 3 is 2.85 bits per heavy atom. The van der Waals surface area contributed by atoms with Gasteiger partial charge in [0, 0.05) is 11.3 Å². The number of pyridine rings is 1. The minimum atomic E-state index is 0.0496. The Kier molecular flexibility index (Phi) is 3.36. The van der Waals surface area contributed by atoms with Crippen LogP contribution in [0.4, 0.5) is 0 Å². The van der Waals surface area contributed by atoms with Gasteiger partial charge in [0.15, 0.2) is 23.4 Å². The molecule has 2 aromatic rings. The van der Waals surface area contributed by atoms with Crippen molar-refractivity contribution in [1.82, 2.24) is 9.88 Å². The summed E-state index contributed by atoms with van der Waals surface area (Å²) in [5.41, 5.74) is 0.998. The fraction of sp³-hybridized carbons (Fsp3) is 0.400. The summed E-state index contributed by atoms with van der Waals surface area (Å²) in [4.78, 5) is 29.5. The van der Waals surface area contributed by atoms with Gasteiger partial charge in [-0.25, -0.2) is 4.98 Å². The topological polar surface area (TPSA) is 63.4 Å². The van der Waals surface area contributed by atoms with E-state index in [1.807, 2.05) is 0 Å². The molecule has 0 unspecified atom stereocenters. The highest BCUT2D eigenvalue weighted by Crippen LogP contribution is 2.23. The van der Waals surface area contributed by atoms with Crippen molar-refractivity contribution in [1.29, 1.82) is 0 Å². The Hall–Kier alpha value is -2.01. The number of carbonyl (C=O) groups excluding carboxylic acids is 2. The summed E-state index contributed by atoms with van der Waals surface area (Å²) in [6.45, 7) is 1.89. The van der Waals surface area contributed by atoms with E-state index in [0.29, 0.717) is 17.6 Å². The molecule has 1 fully saturated rings. The van der Waals surface area contributed by atoms with Gasteiger partial charge in [0.05, 0.1) is 6.20 Å². The highest BCUT2D eigenvalue weighted by Gasteiger charge is 2.25. The van der Waals surface area contributed by atoms with Gasteiger partial charge in [-0.05, 0) is 45.1 Å². The van der Waals surface area contributed by atoms with Crippen LogP contribution in [0.1, 0.15) is 33.9 Å². The molecular weight excluding hydrogens is 256 g/mol. The van der Waals surface area contributed by atoms with Crippen LogP contribution < -0.4 is 0 Å². The molecule has 0 aliphatic carbocycles. The van der Waals surface area contributed by atoms with Gasteiger partial charge in [-0.2, -0.15) is 0 Å². The zero-order chi connectivity index (χ0) is 14.1. The van der Waals surface area contributed by atoms with Gasteiger partial charge in [-0.15, -0.1) is 0 Å². The maximum absolute atomic E-state index is 12.4. The highest BCUT2D eigenvalue weighted by atomic mass is 16.3. The molecule has 3 rings (SSSR count). The fourth-order valence-electron chi connectivity index (χ4n) is 2.64. The number of hydrogen-bond donors (Lipinski definition) is 0. The second-order valence-electron chi connectivity index (χ2n) is 5.32. The van der Waals surface area contributed by atoms with E-state index in [2.05, 4.69) is 16.9 Å². The molecule has 0 bridgehead atoms. The van der Waals surface area contributed by atoms with Crippen molar-refractivity contribution >= 4 is 23.0 Å². The molecular formula is C15H16N2O3. The lowest BCUT2D eigenvalue weighted by atomic mass is 9.91. The molecule has 0 amide bonds. The lowest BCUT2D eigenvalue weighted by Crippen LogP contribution is -2.33. The average molecular weight is 272 g/mol. The van der Waals surface area contributed by atoms with Gasteiger partial charge in [-0.3, -0.25) is 9.59 Å². The predicted octanol–water partition coefficient (Wildman–Crippen LogP) is 2.16. The first-order valence-electron chi connectivity index (χ1n) is 6.75. The van der Waals surface area contributed by atoms with Gasteiger partial charge < -0.3 is 9.32 Å². The minimum Gasteiger partial charge on any atom is -0.452 e. The normalized spacial score (nSPS) is 17.4. The summed E-state index contributed by atoms with van der Waals surface area (Å²) in [5.74, 6) is 0.396. The van der Waals surface area contributed by atoms with Crippen molar-refractivity contribution in [2.45, 2.75) is 12.8 Å². The average Bonchev–Trinajstić information content (AvgIpc) is 2.89. The molecule has 5 heteroatoms. The van der Waals surface area contributed by atoms with E-state index in [1.165, 1.54) is 6.20 Å². The summed E-state index contributed by atoms with van der Waals surface area (Å²) in [6.07, 6.45) is 3.92. The fourth-order valence-corrected chi connectivity index (χ4v) is 2.64. The lowest BCUT2D eigenvalue weighted by Gasteiger charge is -2.27. The second-order valence-corrected chi connectivity index (χ2v) is 5.32. The molecule has 1 aliphatic heterocycles. The number of aromatic nitrogens is 1. The Balaban J connectivity index is 1.85. The van der Waals surface area contributed by atoms with E-state index in [9.17, 15) is 9.59 Å². The first kappa shape index (κ1) is 13.0. The van der Waals surface area contributed by atoms with Crippen LogP contribution in [-0.2, 0) is 0 Å². The van der Waals surface area contributed by atoms with Crippen LogP contribution >= 0.6 is 0 Å². The highest BCUT2D eigenvalue weighted by molar-refractivity contribution is 5.99. The molecule has 104 valence electrons. The van der Waals surface area contributed by atoms with Crippen LogP contribution in [0.5, 0.6) is 0 Å². The molecule has 1 aliphatic rings. The number of aldehydes is 1. The largest absolute Gasteiger partial charge is 0.452 e. The van der Waals surface area contributed by atoms with E-state index in [1.54, 1.807) is 12.1 Å². The molecule has 0 saturated carbocycles. The predicted molar refractivity (Wildman–Crippen MR) is 73.9 cm³/mol. The van der Waals surface area contributed by atoms with Crippen LogP contribution in [0, 0.1) is 5.92 Å². The standard InChI is InChI=1S/C15H16N2O3/c1-17-4-2-10(3-5-17)15(19)13-7-11-6-12(9-18)20-14(11)8-16-13/h6-10H,2-5H2,1H3. The number of rotatable bonds is 3. The van der Waals surface area contributed by atoms with E-state index in [-0.39, 0.29) is 17.5 Å². The Labute approximate surface area is 116 Å². The van der Waals surface area contributed by atoms with E-state index < -0.39 is 0 Å². The molecule has 0 atom stereocenters. The molecule has 20 heavy (non-hydrogen) atoms. The van der Waals surface area contributed by atoms with Crippen molar-refractivity contribution < 1.29 is 14.0 Å². The van der Waals surface area contributed by atoms with Crippen LogP contribution in [0.15, 0.2) is 22.7 Å². The lowest BCUT2D eigenvalue weighted by molar-refractivity contribution is 0.0851. The van der Waals surface area contributed by atoms with Crippen molar-refractivity contribution in [2.24, 2.45) is 5.92 Å². The second kappa shape index (κ2) is 5.17. The maximum atomic E-state index is 12.4. The molecule has 1 saturated heterocycles. The summed E-state index contributed by atoms with van der Waals surface area (Å²) in [6, 6.07) is 3.35. The number of nitrogens with zero attached hydrogens (tertiary/aromatic N) is 2. The van der Waals surface area contributed by atoms with Gasteiger partial charge in [0.25, 0.3) is 0 Å². The summed E-state index contributed by atoms with van der Waals surface area (Å²) in [7, 11) is 2.07. The van der Waals surface area contributed by atoms with Crippen LogP contribution in [-0.4, -0.2) is 42.1 Å². The van der Waals surface area contributed by atoms with E-state index in [4.69, 9.17) is 4.42 Å². The SMILES string of the molecule is CN1CCC(C(=O)c2cc3cc(C=O)oc3cn2)CC1. The number of Topliss-reactive ketones (excluding diaryl/α,β-unsaturated/α-hetero) is 1. The van der Waals surface area contributed by atoms with Crippen molar-refractivity contribution in [3.63, 3.8) is 0 Å². The van der Waals surface area contributed by atoms with E-state index in [0.717, 1.165) is 31.3 Å². The van der Waals surface area contributed by atoms with Crippen LogP contribution in [0.3, 0.4) is 0 Å². The first-order chi connectivity index (χ1) is 9.67. The molecule has 5 nitrogen and oxygen atoms in total. The first-order valence-corrected chi connectivity index (χ1v) is 6.75. The Morgan fingerprint density at radius 2 is 2.15 bits per heavy atom. The van der Waals surface area contributed by atoms with Gasteiger partial charge >= 0.3 is 0 Å². The Bertz CT molecular complexity index is 654. The number of piperidine rings is 1. The third-order valence-corrected chi connectivity index (χ3v) is 3.88. The smallest absolute Gasteiger partial charge is 0.185 e. The minimum absolute atomic E-state index is 0.0496. The molecule has 0 aromatic carbocycles. The summed E-state index contributed by atoms with van der Waals surface area (Å²) < 4.78 is 5.26. The summed E-state index contributed by atoms with van der Waals surface area (Å²) in [5, 5.41) is 0.748. The van der Waals surface area contributed by atoms with Gasteiger partial charge in [0.1, 0.15) is 5.69 Å². The Morgan fingerprint density at radius 1 is 1.40 bits per heavy atom. The molecule has 0 radical (unpaired) electrons. The summed E-state index contributed by atoms with van der Waals surface area (Å²) >= 11 is 0. The van der Waals surface area contributed by atoms with Gasteiger partial charge in [-0.1, -0.05) is 0 Å². The third-order valence-electron chi connectivity index (χ3n) is 3.88. The number of ketones is 1. The molecule has 0 N–H and O–H groups in total.